The second-order valence-electron chi connectivity index (χ2n) is 14.2. The maximum atomic E-state index is 14.7. The van der Waals surface area contributed by atoms with Crippen molar-refractivity contribution in [2.75, 3.05) is 26.2 Å². The van der Waals surface area contributed by atoms with E-state index in [0.717, 1.165) is 6.42 Å². The van der Waals surface area contributed by atoms with Crippen LogP contribution < -0.4 is 5.32 Å². The van der Waals surface area contributed by atoms with Crippen molar-refractivity contribution in [2.24, 2.45) is 17.3 Å². The molecule has 0 aromatic heterocycles. The van der Waals surface area contributed by atoms with Crippen molar-refractivity contribution in [3.05, 3.63) is 25.3 Å². The summed E-state index contributed by atoms with van der Waals surface area (Å²) < 4.78 is 12.3. The molecule has 242 valence electrons. The number of nitrogens with zero attached hydrogens (tertiary/aromatic N) is 2. The number of ether oxygens (including phenoxy) is 2. The van der Waals surface area contributed by atoms with Crippen LogP contribution in [0.25, 0.3) is 0 Å². The van der Waals surface area contributed by atoms with Gasteiger partial charge in [-0.05, 0) is 64.7 Å². The number of hydrogen-bond acceptors (Lipinski definition) is 7. The monoisotopic (exact) mass is 603 g/mol. The molecule has 3 heterocycles. The minimum atomic E-state index is -1.14. The lowest BCUT2D eigenvalue weighted by Crippen LogP contribution is -2.61. The molecule has 3 aliphatic rings. The first-order valence-corrected chi connectivity index (χ1v) is 15.7. The molecule has 0 saturated carbocycles. The molecule has 0 aromatic rings. The molecule has 2 N–H and O–H groups in total. The maximum absolute atomic E-state index is 14.7. The van der Waals surface area contributed by atoms with Crippen molar-refractivity contribution >= 4 is 23.7 Å². The fraction of sp³-hybridized carbons (Fsp3) is 0.758. The molecule has 0 aliphatic carbocycles. The Morgan fingerprint density at radius 3 is 2.51 bits per heavy atom. The predicted molar refractivity (Wildman–Crippen MR) is 164 cm³/mol. The van der Waals surface area contributed by atoms with E-state index in [2.05, 4.69) is 39.2 Å². The van der Waals surface area contributed by atoms with Gasteiger partial charge in [-0.2, -0.15) is 0 Å². The standard InChI is InChI=1S/C33H53N3O7/c1-9-11-14-24(38)34-20-22(3)42-30(41)25-23-15-16-33(43-23)26(25)28(39)35(18-12-13-19-37)27(33)29(40)36(17-10-2)32(7,8)21-31(4,5)6/h9-10,22-23,25-27,37H,1-2,11-21H2,3-8H3,(H,34,38)/t22-,23-,25+,26+,27-,33+/m0/s1. The van der Waals surface area contributed by atoms with Gasteiger partial charge in [0.05, 0.1) is 24.5 Å². The number of esters is 1. The Morgan fingerprint density at radius 2 is 1.91 bits per heavy atom. The van der Waals surface area contributed by atoms with Crippen molar-refractivity contribution < 1.29 is 33.8 Å². The van der Waals surface area contributed by atoms with E-state index in [-0.39, 0.29) is 42.8 Å². The zero-order valence-corrected chi connectivity index (χ0v) is 27.0. The molecule has 0 aromatic carbocycles. The Morgan fingerprint density at radius 1 is 1.21 bits per heavy atom. The number of amides is 3. The first-order chi connectivity index (χ1) is 20.1. The van der Waals surface area contributed by atoms with Gasteiger partial charge in [0.15, 0.2) is 0 Å². The summed E-state index contributed by atoms with van der Waals surface area (Å²) >= 11 is 0. The highest BCUT2D eigenvalue weighted by Gasteiger charge is 2.75. The highest BCUT2D eigenvalue weighted by atomic mass is 16.6. The van der Waals surface area contributed by atoms with Crippen molar-refractivity contribution in [3.63, 3.8) is 0 Å². The largest absolute Gasteiger partial charge is 0.460 e. The molecule has 0 unspecified atom stereocenters. The average molecular weight is 604 g/mol. The summed E-state index contributed by atoms with van der Waals surface area (Å²) in [7, 11) is 0. The summed E-state index contributed by atoms with van der Waals surface area (Å²) in [5.41, 5.74) is -1.74. The minimum absolute atomic E-state index is 0.0219. The summed E-state index contributed by atoms with van der Waals surface area (Å²) in [4.78, 5) is 57.8. The van der Waals surface area contributed by atoms with Gasteiger partial charge in [-0.15, -0.1) is 13.2 Å². The van der Waals surface area contributed by atoms with Crippen LogP contribution in [0.3, 0.4) is 0 Å². The molecule has 3 saturated heterocycles. The van der Waals surface area contributed by atoms with Crippen molar-refractivity contribution in [2.45, 2.75) is 116 Å². The molecular weight excluding hydrogens is 550 g/mol. The Hall–Kier alpha value is -2.72. The van der Waals surface area contributed by atoms with Gasteiger partial charge in [-0.3, -0.25) is 19.2 Å². The van der Waals surface area contributed by atoms with Crippen LogP contribution in [0.2, 0.25) is 0 Å². The third kappa shape index (κ3) is 7.51. The molecular formula is C33H53N3O7. The number of rotatable bonds is 16. The normalized spacial score (nSPS) is 27.0. The molecule has 43 heavy (non-hydrogen) atoms. The molecule has 6 atom stereocenters. The van der Waals surface area contributed by atoms with Crippen molar-refractivity contribution in [1.82, 2.24) is 15.1 Å². The van der Waals surface area contributed by atoms with E-state index in [1.807, 2.05) is 13.8 Å². The number of allylic oxidation sites excluding steroid dienone is 1. The first-order valence-electron chi connectivity index (χ1n) is 15.7. The molecule has 10 heteroatoms. The summed E-state index contributed by atoms with van der Waals surface area (Å²) in [5, 5.41) is 12.2. The highest BCUT2D eigenvalue weighted by molar-refractivity contribution is 5.98. The second kappa shape index (κ2) is 13.9. The van der Waals surface area contributed by atoms with E-state index in [1.165, 1.54) is 0 Å². The van der Waals surface area contributed by atoms with E-state index >= 15 is 0 Å². The average Bonchev–Trinajstić information content (AvgIpc) is 3.55. The number of hydrogen-bond donors (Lipinski definition) is 2. The van der Waals surface area contributed by atoms with Crippen LogP contribution in [0, 0.1) is 17.3 Å². The number of likely N-dealkylation sites (tertiary alicyclic amines) is 1. The lowest BCUT2D eigenvalue weighted by Gasteiger charge is -2.45. The van der Waals surface area contributed by atoms with Gasteiger partial charge in [0.1, 0.15) is 17.7 Å². The van der Waals surface area contributed by atoms with Crippen molar-refractivity contribution in [3.8, 4) is 0 Å². The van der Waals surface area contributed by atoms with Crippen LogP contribution in [0.1, 0.15) is 86.5 Å². The fourth-order valence-corrected chi connectivity index (χ4v) is 7.54. The maximum Gasteiger partial charge on any atom is 0.312 e. The van der Waals surface area contributed by atoms with E-state index in [0.29, 0.717) is 45.1 Å². The quantitative estimate of drug-likeness (QED) is 0.157. The molecule has 3 fully saturated rings. The fourth-order valence-electron chi connectivity index (χ4n) is 7.54. The van der Waals surface area contributed by atoms with E-state index < -0.39 is 47.2 Å². The smallest absolute Gasteiger partial charge is 0.312 e. The zero-order valence-electron chi connectivity index (χ0n) is 27.0. The number of aliphatic hydroxyl groups is 1. The Balaban J connectivity index is 1.90. The molecule has 10 nitrogen and oxygen atoms in total. The lowest BCUT2D eigenvalue weighted by molar-refractivity contribution is -0.159. The van der Waals surface area contributed by atoms with Gasteiger partial charge >= 0.3 is 5.97 Å². The minimum Gasteiger partial charge on any atom is -0.460 e. The molecule has 2 bridgehead atoms. The zero-order chi connectivity index (χ0) is 32.2. The van der Waals surface area contributed by atoms with E-state index in [4.69, 9.17) is 9.47 Å². The van der Waals surface area contributed by atoms with Crippen LogP contribution in [-0.4, -0.2) is 94.2 Å². The molecule has 3 aliphatic heterocycles. The van der Waals surface area contributed by atoms with Gasteiger partial charge in [-0.1, -0.05) is 32.9 Å². The number of carbonyl (C=O) groups excluding carboxylic acids is 4. The summed E-state index contributed by atoms with van der Waals surface area (Å²) in [6.45, 7) is 20.4. The summed E-state index contributed by atoms with van der Waals surface area (Å²) in [6.07, 6.45) is 5.85. The van der Waals surface area contributed by atoms with Crippen LogP contribution in [-0.2, 0) is 28.7 Å². The Bertz CT molecular complexity index is 1070. The first kappa shape index (κ1) is 34.8. The number of unbranched alkanes of at least 4 members (excludes halogenated alkanes) is 1. The van der Waals surface area contributed by atoms with Gasteiger partial charge in [0.25, 0.3) is 0 Å². The summed E-state index contributed by atoms with van der Waals surface area (Å²) in [5.74, 6) is -2.87. The van der Waals surface area contributed by atoms with Crippen LogP contribution >= 0.6 is 0 Å². The third-order valence-corrected chi connectivity index (χ3v) is 8.86. The van der Waals surface area contributed by atoms with Crippen LogP contribution in [0.5, 0.6) is 0 Å². The highest BCUT2D eigenvalue weighted by Crippen LogP contribution is 2.59. The Kier molecular flexibility index (Phi) is 11.3. The van der Waals surface area contributed by atoms with Gasteiger partial charge in [0, 0.05) is 31.7 Å². The van der Waals surface area contributed by atoms with Crippen LogP contribution in [0.15, 0.2) is 25.3 Å². The number of aliphatic hydroxyl groups excluding tert-OH is 1. The van der Waals surface area contributed by atoms with E-state index in [1.54, 1.807) is 28.9 Å². The van der Waals surface area contributed by atoms with Gasteiger partial charge in [0.2, 0.25) is 17.7 Å². The molecule has 1 spiro atoms. The number of fused-ring (bicyclic) bond motifs is 1. The van der Waals surface area contributed by atoms with Gasteiger partial charge in [-0.25, -0.2) is 0 Å². The predicted octanol–water partition coefficient (Wildman–Crippen LogP) is 3.38. The molecule has 3 amide bonds. The topological polar surface area (TPSA) is 125 Å². The van der Waals surface area contributed by atoms with Crippen molar-refractivity contribution in [1.29, 1.82) is 0 Å². The second-order valence-corrected chi connectivity index (χ2v) is 14.2. The summed E-state index contributed by atoms with van der Waals surface area (Å²) in [6, 6.07) is -0.896. The Labute approximate surface area is 257 Å². The van der Waals surface area contributed by atoms with E-state index in [9.17, 15) is 24.3 Å². The van der Waals surface area contributed by atoms with Crippen LogP contribution in [0.4, 0.5) is 0 Å². The molecule has 0 radical (unpaired) electrons. The number of carbonyl (C=O) groups is 4. The third-order valence-electron chi connectivity index (χ3n) is 8.86. The lowest BCUT2D eigenvalue weighted by atomic mass is 9.70. The number of nitrogens with one attached hydrogen (secondary N) is 1. The van der Waals surface area contributed by atoms with Gasteiger partial charge < -0.3 is 29.7 Å². The molecule has 3 rings (SSSR count). The SMILES string of the molecule is C=CCCC(=O)NC[C@H](C)OC(=O)[C@@H]1[C@@H]2CC[C@]3(O2)[C@H](C(=O)N(CC=C)C(C)(C)CC(C)(C)C)N(CCCCO)C(=O)[C@@H]13.